The van der Waals surface area contributed by atoms with Crippen LogP contribution in [0.2, 0.25) is 0 Å². The van der Waals surface area contributed by atoms with Crippen molar-refractivity contribution in [3.8, 4) is 22.6 Å². The van der Waals surface area contributed by atoms with Crippen molar-refractivity contribution < 1.29 is 22.7 Å². The maximum atomic E-state index is 13.3. The van der Waals surface area contributed by atoms with Crippen molar-refractivity contribution in [3.05, 3.63) is 70.9 Å². The first-order valence-electron chi connectivity index (χ1n) is 9.57. The van der Waals surface area contributed by atoms with Crippen LogP contribution in [0.4, 0.5) is 4.39 Å². The predicted octanol–water partition coefficient (Wildman–Crippen LogP) is 2.84. The van der Waals surface area contributed by atoms with Crippen LogP contribution in [0.5, 0.6) is 5.75 Å². The first-order valence-corrected chi connectivity index (χ1v) is 11.5. The molecule has 0 amide bonds. The van der Waals surface area contributed by atoms with Gasteiger partial charge in [-0.2, -0.15) is 9.78 Å². The Morgan fingerprint density at radius 1 is 1.10 bits per heavy atom. The molecule has 3 aromatic rings. The fourth-order valence-electron chi connectivity index (χ4n) is 2.79. The molecule has 1 N–H and O–H groups in total. The van der Waals surface area contributed by atoms with Crippen LogP contribution in [0.1, 0.15) is 13.8 Å². The largest absolute Gasteiger partial charge is 0.485 e. The smallest absolute Gasteiger partial charge is 0.314 e. The number of hydrogen-bond acceptors (Lipinski definition) is 6. The standard InChI is InChI=1S/C22H23FN2O5S/c1-14(2)20(26)13-30-21-19(15-4-10-18(11-5-15)31(3,28)29)12-24-25(22(21)27)17-8-6-16(23)7-9-17/h4-12,14,20,26H,13H2,1-3H3. The van der Waals surface area contributed by atoms with Crippen LogP contribution in [-0.2, 0) is 9.84 Å². The van der Waals surface area contributed by atoms with Crippen molar-refractivity contribution >= 4 is 9.84 Å². The topological polar surface area (TPSA) is 98.5 Å². The van der Waals surface area contributed by atoms with E-state index < -0.39 is 27.3 Å². The van der Waals surface area contributed by atoms with Gasteiger partial charge in [-0.3, -0.25) is 4.79 Å². The van der Waals surface area contributed by atoms with Crippen LogP contribution < -0.4 is 10.3 Å². The van der Waals surface area contributed by atoms with E-state index in [9.17, 15) is 22.7 Å². The van der Waals surface area contributed by atoms with Gasteiger partial charge in [0.1, 0.15) is 12.4 Å². The minimum absolute atomic E-state index is 0.0499. The highest BCUT2D eigenvalue weighted by Crippen LogP contribution is 2.28. The highest BCUT2D eigenvalue weighted by molar-refractivity contribution is 7.90. The molecule has 1 aromatic heterocycles. The lowest BCUT2D eigenvalue weighted by Gasteiger charge is -2.18. The van der Waals surface area contributed by atoms with Gasteiger partial charge >= 0.3 is 5.56 Å². The molecular formula is C22H23FN2O5S. The van der Waals surface area contributed by atoms with Gasteiger partial charge in [-0.15, -0.1) is 0 Å². The molecule has 1 atom stereocenters. The van der Waals surface area contributed by atoms with E-state index in [0.717, 1.165) is 10.9 Å². The Kier molecular flexibility index (Phi) is 6.56. The van der Waals surface area contributed by atoms with Crippen LogP contribution in [0.25, 0.3) is 16.8 Å². The average Bonchev–Trinajstić information content (AvgIpc) is 2.72. The number of aliphatic hydroxyl groups is 1. The van der Waals surface area contributed by atoms with Gasteiger partial charge in [0.05, 0.1) is 22.9 Å². The number of aromatic nitrogens is 2. The highest BCUT2D eigenvalue weighted by atomic mass is 32.2. The Hall–Kier alpha value is -3.04. The average molecular weight is 447 g/mol. The number of benzene rings is 2. The Balaban J connectivity index is 2.10. The molecule has 0 aliphatic rings. The third-order valence-electron chi connectivity index (χ3n) is 4.77. The minimum Gasteiger partial charge on any atom is -0.485 e. The number of halogens is 1. The van der Waals surface area contributed by atoms with E-state index in [-0.39, 0.29) is 23.2 Å². The molecule has 0 saturated heterocycles. The lowest BCUT2D eigenvalue weighted by atomic mass is 10.1. The molecule has 31 heavy (non-hydrogen) atoms. The van der Waals surface area contributed by atoms with Gasteiger partial charge in [0, 0.05) is 11.8 Å². The van der Waals surface area contributed by atoms with E-state index in [1.54, 1.807) is 12.1 Å². The summed E-state index contributed by atoms with van der Waals surface area (Å²) in [5, 5.41) is 14.3. The van der Waals surface area contributed by atoms with Crippen molar-refractivity contribution in [1.29, 1.82) is 0 Å². The summed E-state index contributed by atoms with van der Waals surface area (Å²) < 4.78 is 43.5. The quantitative estimate of drug-likeness (QED) is 0.599. The maximum Gasteiger partial charge on any atom is 0.314 e. The molecule has 1 unspecified atom stereocenters. The van der Waals surface area contributed by atoms with E-state index in [1.807, 2.05) is 13.8 Å². The van der Waals surface area contributed by atoms with Crippen LogP contribution in [0.3, 0.4) is 0 Å². The van der Waals surface area contributed by atoms with Gasteiger partial charge in [0.2, 0.25) is 0 Å². The van der Waals surface area contributed by atoms with Gasteiger partial charge in [0.25, 0.3) is 0 Å². The van der Waals surface area contributed by atoms with E-state index in [2.05, 4.69) is 5.10 Å². The van der Waals surface area contributed by atoms with E-state index in [0.29, 0.717) is 16.8 Å². The van der Waals surface area contributed by atoms with Gasteiger partial charge in [-0.25, -0.2) is 12.8 Å². The summed E-state index contributed by atoms with van der Waals surface area (Å²) in [7, 11) is -3.37. The van der Waals surface area contributed by atoms with Crippen molar-refractivity contribution in [3.63, 3.8) is 0 Å². The molecule has 0 radical (unpaired) electrons. The molecule has 0 spiro atoms. The van der Waals surface area contributed by atoms with E-state index >= 15 is 0 Å². The summed E-state index contributed by atoms with van der Waals surface area (Å²) in [6.45, 7) is 3.53. The molecule has 2 aromatic carbocycles. The van der Waals surface area contributed by atoms with Crippen LogP contribution in [0.15, 0.2) is 64.4 Å². The van der Waals surface area contributed by atoms with Crippen molar-refractivity contribution in [1.82, 2.24) is 9.78 Å². The van der Waals surface area contributed by atoms with Crippen molar-refractivity contribution in [2.45, 2.75) is 24.8 Å². The lowest BCUT2D eigenvalue weighted by Crippen LogP contribution is -2.28. The van der Waals surface area contributed by atoms with E-state index in [4.69, 9.17) is 4.74 Å². The third kappa shape index (κ3) is 5.18. The molecule has 9 heteroatoms. The van der Waals surface area contributed by atoms with Crippen molar-refractivity contribution in [2.75, 3.05) is 12.9 Å². The molecule has 1 heterocycles. The summed E-state index contributed by atoms with van der Waals surface area (Å²) in [4.78, 5) is 13.3. The molecule has 0 aliphatic carbocycles. The fraction of sp³-hybridized carbons (Fsp3) is 0.273. The third-order valence-corrected chi connectivity index (χ3v) is 5.89. The zero-order valence-corrected chi connectivity index (χ0v) is 18.1. The molecule has 0 bridgehead atoms. The predicted molar refractivity (Wildman–Crippen MR) is 115 cm³/mol. The van der Waals surface area contributed by atoms with Gasteiger partial charge in [-0.1, -0.05) is 26.0 Å². The van der Waals surface area contributed by atoms with Crippen molar-refractivity contribution in [2.24, 2.45) is 5.92 Å². The summed E-state index contributed by atoms with van der Waals surface area (Å²) in [5.74, 6) is -0.583. The molecule has 7 nitrogen and oxygen atoms in total. The lowest BCUT2D eigenvalue weighted by molar-refractivity contribution is 0.0695. The zero-order valence-electron chi connectivity index (χ0n) is 17.3. The van der Waals surface area contributed by atoms with Crippen LogP contribution >= 0.6 is 0 Å². The number of nitrogens with zero attached hydrogens (tertiary/aromatic N) is 2. The van der Waals surface area contributed by atoms with Gasteiger partial charge in [0.15, 0.2) is 15.6 Å². The van der Waals surface area contributed by atoms with Gasteiger partial charge in [-0.05, 0) is 47.9 Å². The number of hydrogen-bond donors (Lipinski definition) is 1. The minimum atomic E-state index is -3.37. The highest BCUT2D eigenvalue weighted by Gasteiger charge is 2.19. The van der Waals surface area contributed by atoms with Gasteiger partial charge < -0.3 is 9.84 Å². The Bertz CT molecular complexity index is 1220. The first kappa shape index (κ1) is 22.6. The summed E-state index contributed by atoms with van der Waals surface area (Å²) in [6, 6.07) is 11.2. The molecule has 0 aliphatic heterocycles. The Morgan fingerprint density at radius 3 is 2.26 bits per heavy atom. The fourth-order valence-corrected chi connectivity index (χ4v) is 3.42. The second-order valence-corrected chi connectivity index (χ2v) is 9.52. The normalized spacial score (nSPS) is 12.7. The number of aliphatic hydroxyl groups excluding tert-OH is 1. The second-order valence-electron chi connectivity index (χ2n) is 7.50. The SMILES string of the molecule is CC(C)C(O)COc1c(-c2ccc(S(C)(=O)=O)cc2)cnn(-c2ccc(F)cc2)c1=O. The Labute approximate surface area is 179 Å². The van der Waals surface area contributed by atoms with Crippen LogP contribution in [0, 0.1) is 11.7 Å². The Morgan fingerprint density at radius 2 is 1.71 bits per heavy atom. The molecule has 0 fully saturated rings. The van der Waals surface area contributed by atoms with Crippen LogP contribution in [-0.4, -0.2) is 42.3 Å². The monoisotopic (exact) mass is 446 g/mol. The molecular weight excluding hydrogens is 423 g/mol. The summed E-state index contributed by atoms with van der Waals surface area (Å²) in [6.07, 6.45) is 1.72. The molecule has 164 valence electrons. The summed E-state index contributed by atoms with van der Waals surface area (Å²) in [5.41, 5.74) is 0.628. The molecule has 3 rings (SSSR count). The first-order chi connectivity index (χ1) is 14.6. The number of rotatable bonds is 7. The summed E-state index contributed by atoms with van der Waals surface area (Å²) >= 11 is 0. The zero-order chi connectivity index (χ0) is 22.8. The molecule has 0 saturated carbocycles. The maximum absolute atomic E-state index is 13.3. The second kappa shape index (κ2) is 8.99. The number of sulfone groups is 1. The van der Waals surface area contributed by atoms with E-state index in [1.165, 1.54) is 42.6 Å². The number of ether oxygens (including phenoxy) is 1.